The maximum atomic E-state index is 12.8. The number of sulfonamides is 1. The van der Waals surface area contributed by atoms with Gasteiger partial charge in [-0.25, -0.2) is 8.42 Å². The van der Waals surface area contributed by atoms with Crippen molar-refractivity contribution in [1.29, 1.82) is 0 Å². The van der Waals surface area contributed by atoms with Crippen molar-refractivity contribution in [2.45, 2.75) is 11.0 Å². The molecule has 1 aliphatic rings. The molecule has 1 unspecified atom stereocenters. The van der Waals surface area contributed by atoms with Crippen molar-refractivity contribution in [3.8, 4) is 5.75 Å². The van der Waals surface area contributed by atoms with Crippen molar-refractivity contribution in [3.05, 3.63) is 58.1 Å². The van der Waals surface area contributed by atoms with Gasteiger partial charge in [0, 0.05) is 25.2 Å². The topological polar surface area (TPSA) is 105 Å². The highest BCUT2D eigenvalue weighted by atomic mass is 35.5. The van der Waals surface area contributed by atoms with Crippen LogP contribution in [0.1, 0.15) is 10.4 Å². The van der Waals surface area contributed by atoms with Gasteiger partial charge in [-0.2, -0.15) is 4.31 Å². The average molecular weight is 489 g/mol. The Balaban J connectivity index is 1.57. The Morgan fingerprint density at radius 1 is 1.19 bits per heavy atom. The quantitative estimate of drug-likeness (QED) is 0.589. The number of hydrogen-bond donors (Lipinski definition) is 2. The van der Waals surface area contributed by atoms with Crippen molar-refractivity contribution in [2.24, 2.45) is 0 Å². The minimum Gasteiger partial charge on any atom is -0.489 e. The summed E-state index contributed by atoms with van der Waals surface area (Å²) in [5.41, 5.74) is 0.167. The van der Waals surface area contributed by atoms with Crippen LogP contribution in [0, 0.1) is 0 Å². The maximum absolute atomic E-state index is 12.8. The Kier molecular flexibility index (Phi) is 8.15. The molecule has 0 aromatic heterocycles. The summed E-state index contributed by atoms with van der Waals surface area (Å²) in [5, 5.41) is 13.2. The lowest BCUT2D eigenvalue weighted by molar-refractivity contribution is 0.0730. The maximum Gasteiger partial charge on any atom is 0.251 e. The highest BCUT2D eigenvalue weighted by Gasteiger charge is 2.27. The van der Waals surface area contributed by atoms with Crippen LogP contribution in [0.15, 0.2) is 47.4 Å². The van der Waals surface area contributed by atoms with Gasteiger partial charge in [-0.05, 0) is 30.3 Å². The molecule has 1 aliphatic heterocycles. The monoisotopic (exact) mass is 488 g/mol. The van der Waals surface area contributed by atoms with Crippen molar-refractivity contribution in [2.75, 3.05) is 39.5 Å². The smallest absolute Gasteiger partial charge is 0.251 e. The molecule has 0 spiro atoms. The fourth-order valence-electron chi connectivity index (χ4n) is 2.89. The number of hydrogen-bond acceptors (Lipinski definition) is 6. The lowest BCUT2D eigenvalue weighted by Crippen LogP contribution is -2.40. The molecule has 0 saturated carbocycles. The summed E-state index contributed by atoms with van der Waals surface area (Å²) in [5.74, 6) is -0.195. The van der Waals surface area contributed by atoms with E-state index in [0.717, 1.165) is 0 Å². The number of carbonyl (C=O) groups excluding carboxylic acids is 1. The summed E-state index contributed by atoms with van der Waals surface area (Å²) in [4.78, 5) is 12.5. The van der Waals surface area contributed by atoms with Crippen molar-refractivity contribution < 1.29 is 27.8 Å². The molecule has 3 rings (SSSR count). The zero-order chi connectivity index (χ0) is 22.4. The van der Waals surface area contributed by atoms with Crippen LogP contribution in [0.25, 0.3) is 0 Å². The number of nitrogens with one attached hydrogen (secondary N) is 1. The SMILES string of the molecule is O=C(NCC(O)COc1cccc(Cl)c1Cl)c1cccc(S(=O)(=O)N2CCOCC2)c1. The van der Waals surface area contributed by atoms with Gasteiger partial charge in [-0.3, -0.25) is 4.79 Å². The van der Waals surface area contributed by atoms with Gasteiger partial charge in [0.05, 0.1) is 23.1 Å². The first-order valence-corrected chi connectivity index (χ1v) is 11.7. The van der Waals surface area contributed by atoms with Crippen LogP contribution in [0.5, 0.6) is 5.75 Å². The van der Waals surface area contributed by atoms with Crippen LogP contribution < -0.4 is 10.1 Å². The summed E-state index contributed by atoms with van der Waals surface area (Å²) in [7, 11) is -3.72. The summed E-state index contributed by atoms with van der Waals surface area (Å²) >= 11 is 11.9. The molecule has 1 heterocycles. The number of aliphatic hydroxyl groups excluding tert-OH is 1. The molecule has 1 atom stereocenters. The molecule has 2 aromatic rings. The standard InChI is InChI=1S/C20H22Cl2N2O6S/c21-17-5-2-6-18(19(17)22)30-13-15(25)12-23-20(26)14-3-1-4-16(11-14)31(27,28)24-7-9-29-10-8-24/h1-6,11,15,25H,7-10,12-13H2,(H,23,26). The van der Waals surface area contributed by atoms with E-state index >= 15 is 0 Å². The summed E-state index contributed by atoms with van der Waals surface area (Å²) in [6.07, 6.45) is -1.01. The molecule has 11 heteroatoms. The van der Waals surface area contributed by atoms with Crippen LogP contribution in [-0.2, 0) is 14.8 Å². The van der Waals surface area contributed by atoms with E-state index in [1.165, 1.54) is 28.6 Å². The molecule has 31 heavy (non-hydrogen) atoms. The molecule has 8 nitrogen and oxygen atoms in total. The van der Waals surface area contributed by atoms with Gasteiger partial charge in [-0.1, -0.05) is 35.3 Å². The molecule has 1 saturated heterocycles. The minimum atomic E-state index is -3.72. The molecule has 0 bridgehead atoms. The summed E-state index contributed by atoms with van der Waals surface area (Å²) < 4.78 is 37.5. The molecular weight excluding hydrogens is 467 g/mol. The van der Waals surface area contributed by atoms with Gasteiger partial charge in [0.1, 0.15) is 23.5 Å². The predicted molar refractivity (Wildman–Crippen MR) is 116 cm³/mol. The Bertz CT molecular complexity index is 1030. The van der Waals surface area contributed by atoms with Gasteiger partial charge in [0.2, 0.25) is 10.0 Å². The van der Waals surface area contributed by atoms with Crippen molar-refractivity contribution in [3.63, 3.8) is 0 Å². The van der Waals surface area contributed by atoms with E-state index < -0.39 is 22.0 Å². The van der Waals surface area contributed by atoms with Crippen LogP contribution in [0.2, 0.25) is 10.0 Å². The molecule has 0 radical (unpaired) electrons. The van der Waals surface area contributed by atoms with Crippen LogP contribution >= 0.6 is 23.2 Å². The summed E-state index contributed by atoms with van der Waals surface area (Å²) in [6, 6.07) is 10.6. The number of nitrogens with zero attached hydrogens (tertiary/aromatic N) is 1. The fraction of sp³-hybridized carbons (Fsp3) is 0.350. The van der Waals surface area contributed by atoms with Gasteiger partial charge in [-0.15, -0.1) is 0 Å². The number of rotatable bonds is 8. The predicted octanol–water partition coefficient (Wildman–Crippen LogP) is 2.18. The van der Waals surface area contributed by atoms with Crippen molar-refractivity contribution in [1.82, 2.24) is 9.62 Å². The normalized spacial score (nSPS) is 16.0. The largest absolute Gasteiger partial charge is 0.489 e. The summed E-state index contributed by atoms with van der Waals surface area (Å²) in [6.45, 7) is 0.978. The molecule has 168 valence electrons. The average Bonchev–Trinajstić information content (AvgIpc) is 2.79. The molecule has 1 fully saturated rings. The lowest BCUT2D eigenvalue weighted by Gasteiger charge is -2.26. The second kappa shape index (κ2) is 10.6. The number of carbonyl (C=O) groups is 1. The van der Waals surface area contributed by atoms with E-state index in [0.29, 0.717) is 24.0 Å². The first-order valence-electron chi connectivity index (χ1n) is 9.50. The van der Waals surface area contributed by atoms with E-state index in [2.05, 4.69) is 5.32 Å². The molecular formula is C20H22Cl2N2O6S. The Hall–Kier alpha value is -1.88. The third kappa shape index (κ3) is 6.09. The molecule has 1 amide bonds. The second-order valence-electron chi connectivity index (χ2n) is 6.77. The third-order valence-electron chi connectivity index (χ3n) is 4.55. The van der Waals surface area contributed by atoms with Crippen LogP contribution in [0.3, 0.4) is 0 Å². The van der Waals surface area contributed by atoms with Gasteiger partial charge in [0.25, 0.3) is 5.91 Å². The fourth-order valence-corrected chi connectivity index (χ4v) is 4.69. The van der Waals surface area contributed by atoms with E-state index in [-0.39, 0.29) is 41.7 Å². The zero-order valence-corrected chi connectivity index (χ0v) is 18.8. The van der Waals surface area contributed by atoms with Crippen LogP contribution in [0.4, 0.5) is 0 Å². The van der Waals surface area contributed by atoms with E-state index in [9.17, 15) is 18.3 Å². The molecule has 2 aromatic carbocycles. The van der Waals surface area contributed by atoms with E-state index in [4.69, 9.17) is 32.7 Å². The highest BCUT2D eigenvalue weighted by molar-refractivity contribution is 7.89. The number of amides is 1. The lowest BCUT2D eigenvalue weighted by atomic mass is 10.2. The highest BCUT2D eigenvalue weighted by Crippen LogP contribution is 2.31. The van der Waals surface area contributed by atoms with E-state index in [1.54, 1.807) is 18.2 Å². The molecule has 0 aliphatic carbocycles. The third-order valence-corrected chi connectivity index (χ3v) is 7.25. The number of morpholine rings is 1. The first-order chi connectivity index (χ1) is 14.8. The first kappa shape index (κ1) is 23.8. The number of ether oxygens (including phenoxy) is 2. The number of halogens is 2. The number of aliphatic hydroxyl groups is 1. The second-order valence-corrected chi connectivity index (χ2v) is 9.49. The number of benzene rings is 2. The van der Waals surface area contributed by atoms with Gasteiger partial charge >= 0.3 is 0 Å². The molecule has 2 N–H and O–H groups in total. The van der Waals surface area contributed by atoms with Gasteiger partial charge < -0.3 is 19.9 Å². The van der Waals surface area contributed by atoms with Crippen LogP contribution in [-0.4, -0.2) is 69.3 Å². The Labute approximate surface area is 190 Å². The Morgan fingerprint density at radius 3 is 2.65 bits per heavy atom. The minimum absolute atomic E-state index is 0.0292. The Morgan fingerprint density at radius 2 is 1.90 bits per heavy atom. The van der Waals surface area contributed by atoms with Gasteiger partial charge in [0.15, 0.2) is 0 Å². The zero-order valence-electron chi connectivity index (χ0n) is 16.5. The van der Waals surface area contributed by atoms with E-state index in [1.807, 2.05) is 0 Å². The van der Waals surface area contributed by atoms with Crippen molar-refractivity contribution >= 4 is 39.1 Å².